The van der Waals surface area contributed by atoms with Crippen molar-refractivity contribution in [1.82, 2.24) is 0 Å². The second kappa shape index (κ2) is 7.90. The molecule has 0 aromatic heterocycles. The summed E-state index contributed by atoms with van der Waals surface area (Å²) >= 11 is 0. The molecule has 0 bridgehead atoms. The number of halogens is 3. The first-order valence-electron chi connectivity index (χ1n) is 10.3. The molecule has 0 spiro atoms. The summed E-state index contributed by atoms with van der Waals surface area (Å²) in [5, 5.41) is 0. The van der Waals surface area contributed by atoms with E-state index in [9.17, 15) is 21.6 Å². The Hall–Kier alpha value is -1.90. The highest BCUT2D eigenvalue weighted by molar-refractivity contribution is 7.87. The van der Waals surface area contributed by atoms with Crippen LogP contribution in [0.2, 0.25) is 0 Å². The van der Waals surface area contributed by atoms with Gasteiger partial charge >= 0.3 is 15.6 Å². The van der Waals surface area contributed by atoms with E-state index in [1.165, 1.54) is 0 Å². The van der Waals surface area contributed by atoms with Crippen molar-refractivity contribution in [3.05, 3.63) is 34.1 Å². The van der Waals surface area contributed by atoms with Gasteiger partial charge in [0.1, 0.15) is 17.3 Å². The number of hydrogen-bond acceptors (Lipinski definition) is 5. The van der Waals surface area contributed by atoms with Crippen molar-refractivity contribution < 1.29 is 35.2 Å². The van der Waals surface area contributed by atoms with Gasteiger partial charge in [-0.2, -0.15) is 21.6 Å². The van der Waals surface area contributed by atoms with E-state index in [-0.39, 0.29) is 24.0 Å². The first kappa shape index (κ1) is 23.8. The number of rotatable bonds is 5. The summed E-state index contributed by atoms with van der Waals surface area (Å²) in [7, 11) is -2.44. The van der Waals surface area contributed by atoms with Crippen LogP contribution in [-0.4, -0.2) is 28.1 Å². The van der Waals surface area contributed by atoms with E-state index in [1.54, 1.807) is 21.1 Å². The predicted molar refractivity (Wildman–Crippen MR) is 111 cm³/mol. The molecule has 0 heterocycles. The lowest BCUT2D eigenvalue weighted by atomic mass is 9.57. The second-order valence-electron chi connectivity index (χ2n) is 8.81. The lowest BCUT2D eigenvalue weighted by Crippen LogP contribution is -2.41. The van der Waals surface area contributed by atoms with Gasteiger partial charge in [0.15, 0.2) is 0 Å². The fourth-order valence-electron chi connectivity index (χ4n) is 5.24. The molecule has 3 rings (SSSR count). The first-order chi connectivity index (χ1) is 14.3. The maximum absolute atomic E-state index is 12.8. The maximum atomic E-state index is 12.8. The smallest absolute Gasteiger partial charge is 0.496 e. The highest BCUT2D eigenvalue weighted by atomic mass is 32.2. The second-order valence-corrected chi connectivity index (χ2v) is 10.3. The fraction of sp³-hybridized carbons (Fsp3) is 0.636. The molecule has 0 amide bonds. The Morgan fingerprint density at radius 1 is 1.16 bits per heavy atom. The van der Waals surface area contributed by atoms with Gasteiger partial charge in [0, 0.05) is 28.5 Å². The van der Waals surface area contributed by atoms with Crippen LogP contribution in [0.5, 0.6) is 11.5 Å². The summed E-state index contributed by atoms with van der Waals surface area (Å²) in [5.74, 6) is 1.50. The van der Waals surface area contributed by atoms with E-state index >= 15 is 0 Å². The van der Waals surface area contributed by atoms with Crippen LogP contribution < -0.4 is 9.47 Å². The van der Waals surface area contributed by atoms with Crippen LogP contribution >= 0.6 is 0 Å². The normalized spacial score (nSPS) is 24.0. The maximum Gasteiger partial charge on any atom is 0.534 e. The lowest BCUT2D eigenvalue weighted by molar-refractivity contribution is -0.0526. The summed E-state index contributed by atoms with van der Waals surface area (Å²) in [6.07, 6.45) is 1.82. The Morgan fingerprint density at radius 3 is 2.32 bits per heavy atom. The van der Waals surface area contributed by atoms with Crippen LogP contribution in [0.4, 0.5) is 13.2 Å². The highest BCUT2D eigenvalue weighted by Crippen LogP contribution is 2.57. The molecular formula is C22H29F3O5S. The number of allylic oxidation sites excluding steroid dienone is 2. The van der Waals surface area contributed by atoms with E-state index in [2.05, 4.69) is 25.0 Å². The van der Waals surface area contributed by atoms with Crippen LogP contribution in [0, 0.1) is 5.92 Å². The van der Waals surface area contributed by atoms with Crippen molar-refractivity contribution in [2.45, 2.75) is 70.2 Å². The molecule has 31 heavy (non-hydrogen) atoms. The number of alkyl halides is 3. The summed E-state index contributed by atoms with van der Waals surface area (Å²) in [5.41, 5.74) is -2.26. The highest BCUT2D eigenvalue weighted by Gasteiger charge is 2.52. The summed E-state index contributed by atoms with van der Waals surface area (Å²) in [6.45, 7) is 7.89. The molecule has 2 unspecified atom stereocenters. The molecular weight excluding hydrogens is 433 g/mol. The lowest BCUT2D eigenvalue weighted by Gasteiger charge is -2.48. The van der Waals surface area contributed by atoms with Crippen molar-refractivity contribution in [3.63, 3.8) is 0 Å². The molecule has 5 nitrogen and oxygen atoms in total. The minimum atomic E-state index is -5.69. The molecule has 0 fully saturated rings. The zero-order valence-corrected chi connectivity index (χ0v) is 19.5. The van der Waals surface area contributed by atoms with Gasteiger partial charge in [-0.25, -0.2) is 0 Å². The number of benzene rings is 1. The van der Waals surface area contributed by atoms with Crippen molar-refractivity contribution in [1.29, 1.82) is 0 Å². The summed E-state index contributed by atoms with van der Waals surface area (Å²) in [6, 6.07) is 1.98. The van der Waals surface area contributed by atoms with Crippen molar-refractivity contribution in [2.75, 3.05) is 14.2 Å². The van der Waals surface area contributed by atoms with Crippen LogP contribution in [0.25, 0.3) is 0 Å². The van der Waals surface area contributed by atoms with E-state index < -0.39 is 21.0 Å². The first-order valence-corrected chi connectivity index (χ1v) is 11.7. The van der Waals surface area contributed by atoms with E-state index in [0.717, 1.165) is 28.2 Å². The average Bonchev–Trinajstić information content (AvgIpc) is 2.67. The molecule has 0 saturated heterocycles. The number of fused-ring (bicyclic) bond motifs is 3. The summed E-state index contributed by atoms with van der Waals surface area (Å²) < 4.78 is 77.8. The Labute approximate surface area is 181 Å². The number of methoxy groups -OCH3 is 2. The van der Waals surface area contributed by atoms with Crippen molar-refractivity contribution >= 4 is 10.1 Å². The molecule has 174 valence electrons. The van der Waals surface area contributed by atoms with Crippen molar-refractivity contribution in [2.24, 2.45) is 5.92 Å². The molecule has 2 atom stereocenters. The summed E-state index contributed by atoms with van der Waals surface area (Å²) in [4.78, 5) is 0. The predicted octanol–water partition coefficient (Wildman–Crippen LogP) is 5.58. The fourth-order valence-corrected chi connectivity index (χ4v) is 5.81. The molecule has 0 radical (unpaired) electrons. The molecule has 2 aliphatic rings. The van der Waals surface area contributed by atoms with E-state index in [0.29, 0.717) is 24.8 Å². The molecule has 9 heteroatoms. The zero-order chi connectivity index (χ0) is 23.4. The number of hydrogen-bond donors (Lipinski definition) is 0. The Balaban J connectivity index is 2.13. The van der Waals surface area contributed by atoms with Gasteiger partial charge < -0.3 is 13.7 Å². The standard InChI is InChI=1S/C22H29F3O5S/c1-12(2)15-11-18(28-5)19-14(20(15)29-6)7-8-16-13(3)17(9-10-21(16,19)4)30-31(26,27)22(23,24)25/h11-12,16H,7-10H2,1-6H3. The topological polar surface area (TPSA) is 61.8 Å². The Kier molecular flexibility index (Phi) is 6.06. The molecule has 0 N–H and O–H groups in total. The van der Waals surface area contributed by atoms with Crippen LogP contribution in [0.15, 0.2) is 17.4 Å². The number of ether oxygens (including phenoxy) is 2. The molecule has 0 aliphatic heterocycles. The molecule has 1 aromatic rings. The minimum Gasteiger partial charge on any atom is -0.496 e. The molecule has 1 aromatic carbocycles. The Bertz CT molecular complexity index is 1010. The zero-order valence-electron chi connectivity index (χ0n) is 18.6. The van der Waals surface area contributed by atoms with Crippen LogP contribution in [0.1, 0.15) is 69.6 Å². The van der Waals surface area contributed by atoms with Crippen LogP contribution in [-0.2, 0) is 26.1 Å². The third-order valence-corrected chi connectivity index (χ3v) is 7.76. The third kappa shape index (κ3) is 3.79. The van der Waals surface area contributed by atoms with Gasteiger partial charge in [0.05, 0.1) is 14.2 Å². The minimum absolute atomic E-state index is 0.0883. The van der Waals surface area contributed by atoms with Gasteiger partial charge in [-0.3, -0.25) is 0 Å². The van der Waals surface area contributed by atoms with Gasteiger partial charge in [-0.1, -0.05) is 20.8 Å². The molecule has 0 saturated carbocycles. The van der Waals surface area contributed by atoms with Gasteiger partial charge in [0.2, 0.25) is 0 Å². The monoisotopic (exact) mass is 462 g/mol. The van der Waals surface area contributed by atoms with Gasteiger partial charge in [0.25, 0.3) is 0 Å². The quantitative estimate of drug-likeness (QED) is 0.422. The third-order valence-electron chi connectivity index (χ3n) is 6.77. The van der Waals surface area contributed by atoms with Gasteiger partial charge in [-0.15, -0.1) is 0 Å². The van der Waals surface area contributed by atoms with E-state index in [4.69, 9.17) is 9.47 Å². The van der Waals surface area contributed by atoms with E-state index in [1.807, 2.05) is 6.07 Å². The average molecular weight is 463 g/mol. The SMILES string of the molecule is COc1cc(C(C)C)c(OC)c2c1C1(C)CCC(OS(=O)(=O)C(F)(F)F)=C(C)C1CC2. The van der Waals surface area contributed by atoms with Gasteiger partial charge in [-0.05, 0) is 49.7 Å². The largest absolute Gasteiger partial charge is 0.534 e. The molecule has 2 aliphatic carbocycles. The van der Waals surface area contributed by atoms with Crippen LogP contribution in [0.3, 0.4) is 0 Å². The Morgan fingerprint density at radius 2 is 1.81 bits per heavy atom. The van der Waals surface area contributed by atoms with Crippen molar-refractivity contribution in [3.8, 4) is 11.5 Å².